The molecule has 1 aromatic heterocycles. The summed E-state index contributed by atoms with van der Waals surface area (Å²) in [5.74, 6) is 1.17. The van der Waals surface area contributed by atoms with Crippen LogP contribution in [0.25, 0.3) is 11.5 Å². The van der Waals surface area contributed by atoms with Crippen molar-refractivity contribution < 1.29 is 9.21 Å². The van der Waals surface area contributed by atoms with Gasteiger partial charge in [0.1, 0.15) is 6.26 Å². The fraction of sp³-hybridized carbons (Fsp3) is 0.227. The summed E-state index contributed by atoms with van der Waals surface area (Å²) in [6.45, 7) is 1.48. The van der Waals surface area contributed by atoms with Crippen molar-refractivity contribution in [3.63, 3.8) is 0 Å². The summed E-state index contributed by atoms with van der Waals surface area (Å²) >= 11 is 0. The number of rotatable bonds is 8. The number of carbonyl (C=O) groups excluding carboxylic acids is 1. The molecule has 0 radical (unpaired) electrons. The second kappa shape index (κ2) is 12.6. The van der Waals surface area contributed by atoms with Gasteiger partial charge >= 0.3 is 0 Å². The van der Waals surface area contributed by atoms with Crippen molar-refractivity contribution in [2.45, 2.75) is 19.5 Å². The summed E-state index contributed by atoms with van der Waals surface area (Å²) in [6.07, 6.45) is 1.98. The molecule has 0 atom stereocenters. The van der Waals surface area contributed by atoms with Crippen LogP contribution in [0.4, 0.5) is 0 Å². The van der Waals surface area contributed by atoms with Gasteiger partial charge in [0, 0.05) is 32.1 Å². The minimum atomic E-state index is -0.0131. The molecular formula is C22H26IN5O2. The molecule has 0 aliphatic carbocycles. The number of oxazole rings is 1. The molecule has 30 heavy (non-hydrogen) atoms. The van der Waals surface area contributed by atoms with Crippen molar-refractivity contribution in [1.82, 2.24) is 20.9 Å². The molecule has 0 saturated heterocycles. The minimum Gasteiger partial charge on any atom is -0.444 e. The largest absolute Gasteiger partial charge is 0.444 e. The average molecular weight is 519 g/mol. The fourth-order valence-electron chi connectivity index (χ4n) is 2.68. The number of carbonyl (C=O) groups is 1. The van der Waals surface area contributed by atoms with Gasteiger partial charge in [-0.05, 0) is 17.7 Å². The van der Waals surface area contributed by atoms with Crippen LogP contribution in [-0.4, -0.2) is 30.4 Å². The zero-order valence-corrected chi connectivity index (χ0v) is 19.1. The van der Waals surface area contributed by atoms with Crippen LogP contribution < -0.4 is 16.0 Å². The molecule has 1 amide bonds. The van der Waals surface area contributed by atoms with Crippen molar-refractivity contribution in [1.29, 1.82) is 0 Å². The van der Waals surface area contributed by atoms with E-state index in [0.717, 1.165) is 16.8 Å². The SMILES string of the molecule is CN=C(NCCC(=O)NCc1ccccc1)NCc1coc(-c2ccccc2)n1.I. The molecule has 0 fully saturated rings. The predicted octanol–water partition coefficient (Wildman–Crippen LogP) is 3.33. The Morgan fingerprint density at radius 2 is 1.67 bits per heavy atom. The molecule has 0 bridgehead atoms. The van der Waals surface area contributed by atoms with E-state index in [1.165, 1.54) is 0 Å². The van der Waals surface area contributed by atoms with Gasteiger partial charge in [-0.15, -0.1) is 24.0 Å². The molecule has 158 valence electrons. The molecule has 0 aliphatic heterocycles. The van der Waals surface area contributed by atoms with Crippen LogP contribution in [0.5, 0.6) is 0 Å². The number of aliphatic imine (C=N–C) groups is 1. The van der Waals surface area contributed by atoms with Gasteiger partial charge in [-0.25, -0.2) is 4.98 Å². The van der Waals surface area contributed by atoms with E-state index < -0.39 is 0 Å². The molecule has 0 spiro atoms. The first kappa shape index (κ1) is 23.4. The number of nitrogens with one attached hydrogen (secondary N) is 3. The van der Waals surface area contributed by atoms with E-state index in [0.29, 0.717) is 37.9 Å². The number of nitrogens with zero attached hydrogens (tertiary/aromatic N) is 2. The average Bonchev–Trinajstić information content (AvgIpc) is 3.25. The molecule has 0 aliphatic rings. The van der Waals surface area contributed by atoms with E-state index in [2.05, 4.69) is 25.9 Å². The Balaban J connectivity index is 0.00000320. The third-order valence-corrected chi connectivity index (χ3v) is 4.21. The summed E-state index contributed by atoms with van der Waals surface area (Å²) in [5, 5.41) is 9.20. The molecule has 2 aromatic carbocycles. The number of amides is 1. The van der Waals surface area contributed by atoms with Crippen LogP contribution in [0.15, 0.2) is 76.3 Å². The first-order valence-corrected chi connectivity index (χ1v) is 9.49. The minimum absolute atomic E-state index is 0. The van der Waals surface area contributed by atoms with Crippen molar-refractivity contribution in [3.8, 4) is 11.5 Å². The summed E-state index contributed by atoms with van der Waals surface area (Å²) < 4.78 is 5.53. The van der Waals surface area contributed by atoms with Crippen LogP contribution in [0.3, 0.4) is 0 Å². The Labute approximate surface area is 193 Å². The lowest BCUT2D eigenvalue weighted by molar-refractivity contribution is -0.121. The first-order valence-electron chi connectivity index (χ1n) is 9.49. The zero-order valence-electron chi connectivity index (χ0n) is 16.8. The lowest BCUT2D eigenvalue weighted by Gasteiger charge is -2.11. The van der Waals surface area contributed by atoms with E-state index >= 15 is 0 Å². The van der Waals surface area contributed by atoms with Gasteiger partial charge in [-0.3, -0.25) is 9.79 Å². The Morgan fingerprint density at radius 3 is 2.37 bits per heavy atom. The molecule has 3 N–H and O–H groups in total. The zero-order chi connectivity index (χ0) is 20.3. The second-order valence-corrected chi connectivity index (χ2v) is 6.37. The highest BCUT2D eigenvalue weighted by Gasteiger charge is 2.07. The van der Waals surface area contributed by atoms with Crippen molar-refractivity contribution >= 4 is 35.8 Å². The van der Waals surface area contributed by atoms with Gasteiger partial charge in [0.15, 0.2) is 5.96 Å². The van der Waals surface area contributed by atoms with Gasteiger partial charge in [0.2, 0.25) is 11.8 Å². The Bertz CT molecular complexity index is 929. The summed E-state index contributed by atoms with van der Waals surface area (Å²) in [4.78, 5) is 20.6. The van der Waals surface area contributed by atoms with Gasteiger partial charge in [0.05, 0.1) is 12.2 Å². The molecule has 0 saturated carbocycles. The van der Waals surface area contributed by atoms with E-state index in [1.54, 1.807) is 13.3 Å². The number of benzene rings is 2. The van der Waals surface area contributed by atoms with Crippen LogP contribution >= 0.6 is 24.0 Å². The number of hydrogen-bond donors (Lipinski definition) is 3. The van der Waals surface area contributed by atoms with Crippen LogP contribution in [0, 0.1) is 0 Å². The predicted molar refractivity (Wildman–Crippen MR) is 128 cm³/mol. The highest BCUT2D eigenvalue weighted by molar-refractivity contribution is 14.0. The molecular weight excluding hydrogens is 493 g/mol. The van der Waals surface area contributed by atoms with Crippen molar-refractivity contribution in [3.05, 3.63) is 78.2 Å². The van der Waals surface area contributed by atoms with E-state index in [-0.39, 0.29) is 29.9 Å². The Kier molecular flexibility index (Phi) is 9.85. The maximum atomic E-state index is 12.0. The van der Waals surface area contributed by atoms with Crippen molar-refractivity contribution in [2.24, 2.45) is 4.99 Å². The van der Waals surface area contributed by atoms with Crippen LogP contribution in [-0.2, 0) is 17.9 Å². The number of guanidine groups is 1. The maximum Gasteiger partial charge on any atom is 0.226 e. The Morgan fingerprint density at radius 1 is 0.967 bits per heavy atom. The normalized spacial score (nSPS) is 10.8. The number of aromatic nitrogens is 1. The topological polar surface area (TPSA) is 91.5 Å². The van der Waals surface area contributed by atoms with Gasteiger partial charge in [0.25, 0.3) is 0 Å². The van der Waals surface area contributed by atoms with E-state index in [1.807, 2.05) is 60.7 Å². The maximum absolute atomic E-state index is 12.0. The van der Waals surface area contributed by atoms with Gasteiger partial charge in [-0.1, -0.05) is 48.5 Å². The fourth-order valence-corrected chi connectivity index (χ4v) is 2.68. The Hall–Kier alpha value is -2.88. The molecule has 8 heteroatoms. The summed E-state index contributed by atoms with van der Waals surface area (Å²) in [5.41, 5.74) is 2.78. The highest BCUT2D eigenvalue weighted by atomic mass is 127. The van der Waals surface area contributed by atoms with Gasteiger partial charge in [-0.2, -0.15) is 0 Å². The second-order valence-electron chi connectivity index (χ2n) is 6.37. The first-order chi connectivity index (χ1) is 14.2. The standard InChI is InChI=1S/C22H25N5O2.HI/c1-23-22(24-13-12-20(28)25-14-17-8-4-2-5-9-17)26-15-19-16-29-21(27-19)18-10-6-3-7-11-18;/h2-11,16H,12-15H2,1H3,(H,25,28)(H2,23,24,26);1H. The third kappa shape index (κ3) is 7.51. The smallest absolute Gasteiger partial charge is 0.226 e. The molecule has 7 nitrogen and oxygen atoms in total. The quantitative estimate of drug-likeness (QED) is 0.241. The third-order valence-electron chi connectivity index (χ3n) is 4.21. The van der Waals surface area contributed by atoms with Crippen LogP contribution in [0.1, 0.15) is 17.7 Å². The number of halogens is 1. The van der Waals surface area contributed by atoms with Crippen LogP contribution in [0.2, 0.25) is 0 Å². The van der Waals surface area contributed by atoms with E-state index in [9.17, 15) is 4.79 Å². The molecule has 3 rings (SSSR count). The molecule has 0 unspecified atom stereocenters. The number of hydrogen-bond acceptors (Lipinski definition) is 4. The van der Waals surface area contributed by atoms with Gasteiger partial charge < -0.3 is 20.4 Å². The summed E-state index contributed by atoms with van der Waals surface area (Å²) in [7, 11) is 1.68. The lowest BCUT2D eigenvalue weighted by atomic mass is 10.2. The molecule has 3 aromatic rings. The van der Waals surface area contributed by atoms with Crippen molar-refractivity contribution in [2.75, 3.05) is 13.6 Å². The molecule has 1 heterocycles. The lowest BCUT2D eigenvalue weighted by Crippen LogP contribution is -2.38. The summed E-state index contributed by atoms with van der Waals surface area (Å²) in [6, 6.07) is 19.6. The monoisotopic (exact) mass is 519 g/mol. The van der Waals surface area contributed by atoms with E-state index in [4.69, 9.17) is 4.42 Å². The highest BCUT2D eigenvalue weighted by Crippen LogP contribution is 2.17.